The van der Waals surface area contributed by atoms with E-state index >= 15 is 0 Å². The second-order valence-electron chi connectivity index (χ2n) is 6.49. The molecule has 0 radical (unpaired) electrons. The van der Waals surface area contributed by atoms with Crippen LogP contribution in [0, 0.1) is 11.8 Å². The molecule has 8 heteroatoms. The third-order valence-electron chi connectivity index (χ3n) is 4.55. The normalized spacial score (nSPS) is 14.5. The molecule has 0 aromatic carbocycles. The molecule has 1 aliphatic heterocycles. The lowest BCUT2D eigenvalue weighted by molar-refractivity contribution is 0.0341. The van der Waals surface area contributed by atoms with Gasteiger partial charge in [0.25, 0.3) is 0 Å². The molecule has 3 N–H and O–H groups in total. The summed E-state index contributed by atoms with van der Waals surface area (Å²) in [5.41, 5.74) is 9.03. The standard InChI is InChI=1S/C20H21N7O/c1-22-20-19-17(10-18(21)25-26-19)15(12-24-20)3-5-16-4-2-14(11-23-16)13-27-6-8-28-9-7-27/h2,4,10-12H,6-9,13H2,1H3,(H2,21,25)(H,22,24). The third kappa shape index (κ3) is 4.01. The number of hydrogen-bond acceptors (Lipinski definition) is 8. The summed E-state index contributed by atoms with van der Waals surface area (Å²) in [6, 6.07) is 5.76. The summed E-state index contributed by atoms with van der Waals surface area (Å²) < 4.78 is 5.38. The van der Waals surface area contributed by atoms with Crippen molar-refractivity contribution in [1.29, 1.82) is 0 Å². The van der Waals surface area contributed by atoms with E-state index in [1.54, 1.807) is 19.3 Å². The van der Waals surface area contributed by atoms with E-state index in [0.29, 0.717) is 22.8 Å². The number of nitrogens with zero attached hydrogens (tertiary/aromatic N) is 5. The number of fused-ring (bicyclic) bond motifs is 1. The van der Waals surface area contributed by atoms with Gasteiger partial charge in [0.2, 0.25) is 0 Å². The molecule has 0 unspecified atom stereocenters. The summed E-state index contributed by atoms with van der Waals surface area (Å²) in [6.07, 6.45) is 3.58. The Labute approximate surface area is 163 Å². The van der Waals surface area contributed by atoms with Gasteiger partial charge in [0.05, 0.1) is 18.8 Å². The zero-order valence-electron chi connectivity index (χ0n) is 15.6. The summed E-state index contributed by atoms with van der Waals surface area (Å²) in [6.45, 7) is 4.37. The topological polar surface area (TPSA) is 102 Å². The number of hydrogen-bond donors (Lipinski definition) is 2. The van der Waals surface area contributed by atoms with Crippen LogP contribution in [0.15, 0.2) is 30.6 Å². The molecule has 142 valence electrons. The van der Waals surface area contributed by atoms with Crippen molar-refractivity contribution in [3.8, 4) is 11.8 Å². The van der Waals surface area contributed by atoms with Gasteiger partial charge in [-0.1, -0.05) is 12.0 Å². The molecule has 3 aromatic heterocycles. The highest BCUT2D eigenvalue weighted by molar-refractivity contribution is 5.93. The van der Waals surface area contributed by atoms with E-state index < -0.39 is 0 Å². The fourth-order valence-electron chi connectivity index (χ4n) is 3.07. The number of aromatic nitrogens is 4. The van der Waals surface area contributed by atoms with Crippen LogP contribution in [0.3, 0.4) is 0 Å². The van der Waals surface area contributed by atoms with Gasteiger partial charge in [-0.3, -0.25) is 4.90 Å². The molecule has 8 nitrogen and oxygen atoms in total. The van der Waals surface area contributed by atoms with Gasteiger partial charge in [-0.05, 0) is 23.6 Å². The van der Waals surface area contributed by atoms with E-state index in [2.05, 4.69) is 48.3 Å². The number of anilines is 2. The van der Waals surface area contributed by atoms with Crippen molar-refractivity contribution in [2.24, 2.45) is 0 Å². The Hall–Kier alpha value is -3.28. The van der Waals surface area contributed by atoms with Crippen molar-refractivity contribution in [1.82, 2.24) is 25.1 Å². The molecule has 0 amide bonds. The Balaban J connectivity index is 1.56. The van der Waals surface area contributed by atoms with Crippen molar-refractivity contribution < 1.29 is 4.74 Å². The number of nitrogens with one attached hydrogen (secondary N) is 1. The molecule has 0 bridgehead atoms. The van der Waals surface area contributed by atoms with Crippen LogP contribution in [0.4, 0.5) is 11.6 Å². The van der Waals surface area contributed by atoms with E-state index in [0.717, 1.165) is 43.8 Å². The molecule has 1 saturated heterocycles. The summed E-state index contributed by atoms with van der Waals surface area (Å²) in [7, 11) is 1.79. The van der Waals surface area contributed by atoms with Crippen molar-refractivity contribution >= 4 is 22.5 Å². The van der Waals surface area contributed by atoms with E-state index in [4.69, 9.17) is 10.5 Å². The summed E-state index contributed by atoms with van der Waals surface area (Å²) >= 11 is 0. The van der Waals surface area contributed by atoms with Crippen molar-refractivity contribution in [2.75, 3.05) is 44.4 Å². The maximum atomic E-state index is 5.80. The average molecular weight is 375 g/mol. The summed E-state index contributed by atoms with van der Waals surface area (Å²) in [5, 5.41) is 11.9. The molecule has 0 saturated carbocycles. The minimum absolute atomic E-state index is 0.342. The maximum absolute atomic E-state index is 5.80. The SMILES string of the molecule is CNc1ncc(C#Cc2ccc(CN3CCOCC3)cn2)c2cc(N)nnc12. The van der Waals surface area contributed by atoms with Crippen LogP contribution < -0.4 is 11.1 Å². The van der Waals surface area contributed by atoms with Crippen LogP contribution >= 0.6 is 0 Å². The first kappa shape index (κ1) is 18.1. The van der Waals surface area contributed by atoms with E-state index in [9.17, 15) is 0 Å². The first-order valence-corrected chi connectivity index (χ1v) is 9.09. The van der Waals surface area contributed by atoms with Crippen molar-refractivity contribution in [2.45, 2.75) is 6.54 Å². The van der Waals surface area contributed by atoms with Crippen molar-refractivity contribution in [3.63, 3.8) is 0 Å². The Morgan fingerprint density at radius 1 is 1.14 bits per heavy atom. The number of ether oxygens (including phenoxy) is 1. The smallest absolute Gasteiger partial charge is 0.154 e. The van der Waals surface area contributed by atoms with Gasteiger partial charge in [-0.15, -0.1) is 10.2 Å². The fraction of sp³-hybridized carbons (Fsp3) is 0.300. The lowest BCUT2D eigenvalue weighted by Crippen LogP contribution is -2.35. The van der Waals surface area contributed by atoms with Gasteiger partial charge < -0.3 is 15.8 Å². The molecule has 4 heterocycles. The van der Waals surface area contributed by atoms with Gasteiger partial charge in [0.1, 0.15) is 17.0 Å². The lowest BCUT2D eigenvalue weighted by Gasteiger charge is -2.26. The fourth-order valence-corrected chi connectivity index (χ4v) is 3.07. The molecule has 3 aromatic rings. The van der Waals surface area contributed by atoms with Crippen LogP contribution in [0.25, 0.3) is 10.9 Å². The number of nitrogens with two attached hydrogens (primary N) is 1. The second-order valence-corrected chi connectivity index (χ2v) is 6.49. The molecule has 1 fully saturated rings. The summed E-state index contributed by atoms with van der Waals surface area (Å²) in [5.74, 6) is 7.21. The lowest BCUT2D eigenvalue weighted by atomic mass is 10.1. The van der Waals surface area contributed by atoms with Gasteiger partial charge in [0, 0.05) is 44.5 Å². The molecule has 28 heavy (non-hydrogen) atoms. The largest absolute Gasteiger partial charge is 0.382 e. The first-order chi connectivity index (χ1) is 13.7. The Kier molecular flexibility index (Phi) is 5.28. The second kappa shape index (κ2) is 8.17. The average Bonchev–Trinajstić information content (AvgIpc) is 2.73. The Bertz CT molecular complexity index is 1030. The van der Waals surface area contributed by atoms with Gasteiger partial charge >= 0.3 is 0 Å². The Morgan fingerprint density at radius 3 is 2.75 bits per heavy atom. The Morgan fingerprint density at radius 2 is 2.00 bits per heavy atom. The molecule has 4 rings (SSSR count). The van der Waals surface area contributed by atoms with Crippen molar-refractivity contribution in [3.05, 3.63) is 47.4 Å². The highest BCUT2D eigenvalue weighted by Gasteiger charge is 2.11. The van der Waals surface area contributed by atoms with Crippen LogP contribution in [-0.4, -0.2) is 58.4 Å². The predicted molar refractivity (Wildman–Crippen MR) is 108 cm³/mol. The zero-order valence-corrected chi connectivity index (χ0v) is 15.6. The van der Waals surface area contributed by atoms with Crippen LogP contribution in [0.1, 0.15) is 16.8 Å². The minimum atomic E-state index is 0.342. The van der Waals surface area contributed by atoms with Crippen LogP contribution in [0.2, 0.25) is 0 Å². The zero-order chi connectivity index (χ0) is 19.3. The summed E-state index contributed by atoms with van der Waals surface area (Å²) in [4.78, 5) is 11.2. The number of rotatable bonds is 3. The predicted octanol–water partition coefficient (Wildman–Crippen LogP) is 1.28. The van der Waals surface area contributed by atoms with E-state index in [1.165, 1.54) is 5.56 Å². The molecule has 0 aliphatic carbocycles. The minimum Gasteiger partial charge on any atom is -0.382 e. The highest BCUT2D eigenvalue weighted by atomic mass is 16.5. The molecule has 0 spiro atoms. The maximum Gasteiger partial charge on any atom is 0.154 e. The quantitative estimate of drug-likeness (QED) is 0.660. The van der Waals surface area contributed by atoms with E-state index in [1.807, 2.05) is 12.3 Å². The first-order valence-electron chi connectivity index (χ1n) is 9.09. The monoisotopic (exact) mass is 375 g/mol. The molecular weight excluding hydrogens is 354 g/mol. The number of morpholine rings is 1. The highest BCUT2D eigenvalue weighted by Crippen LogP contribution is 2.22. The molecule has 1 aliphatic rings. The van der Waals surface area contributed by atoms with E-state index in [-0.39, 0.29) is 0 Å². The molecule has 0 atom stereocenters. The van der Waals surface area contributed by atoms with Gasteiger partial charge in [-0.2, -0.15) is 0 Å². The third-order valence-corrected chi connectivity index (χ3v) is 4.55. The molecular formula is C20H21N7O. The van der Waals surface area contributed by atoms with Gasteiger partial charge in [-0.25, -0.2) is 9.97 Å². The van der Waals surface area contributed by atoms with Gasteiger partial charge in [0.15, 0.2) is 5.82 Å². The van der Waals surface area contributed by atoms with Crippen LogP contribution in [-0.2, 0) is 11.3 Å². The van der Waals surface area contributed by atoms with Crippen LogP contribution in [0.5, 0.6) is 0 Å². The number of pyridine rings is 2. The number of nitrogen functional groups attached to an aromatic ring is 1.